The molecular formula is C15H19N3O4. The first-order valence-electron chi connectivity index (χ1n) is 6.89. The number of hydrogen-bond acceptors (Lipinski definition) is 4. The lowest BCUT2D eigenvalue weighted by molar-refractivity contribution is -0.139. The Kier molecular flexibility index (Phi) is 4.35. The summed E-state index contributed by atoms with van der Waals surface area (Å²) < 4.78 is 5.09. The molecule has 0 saturated carbocycles. The number of H-pyrrole nitrogens is 1. The summed E-state index contributed by atoms with van der Waals surface area (Å²) in [6.07, 6.45) is 2.69. The van der Waals surface area contributed by atoms with Crippen molar-refractivity contribution < 1.29 is 19.4 Å². The van der Waals surface area contributed by atoms with Crippen LogP contribution in [0, 0.1) is 0 Å². The number of amides is 1. The molecule has 0 aliphatic heterocycles. The number of aliphatic carboxylic acids is 1. The highest BCUT2D eigenvalue weighted by molar-refractivity contribution is 5.83. The van der Waals surface area contributed by atoms with Crippen molar-refractivity contribution in [2.45, 2.75) is 38.8 Å². The summed E-state index contributed by atoms with van der Waals surface area (Å²) in [5.74, 6) is -1.13. The van der Waals surface area contributed by atoms with Crippen molar-refractivity contribution in [3.8, 4) is 0 Å². The van der Waals surface area contributed by atoms with E-state index in [1.807, 2.05) is 6.07 Å². The molecule has 0 fully saturated rings. The number of nitrogens with one attached hydrogen (secondary N) is 2. The first-order chi connectivity index (χ1) is 10.3. The highest BCUT2D eigenvalue weighted by atomic mass is 16.6. The van der Waals surface area contributed by atoms with Crippen LogP contribution in [0.4, 0.5) is 4.79 Å². The van der Waals surface area contributed by atoms with E-state index in [1.165, 1.54) is 0 Å². The van der Waals surface area contributed by atoms with E-state index in [0.717, 1.165) is 11.1 Å². The van der Waals surface area contributed by atoms with Crippen LogP contribution in [0.5, 0.6) is 0 Å². The molecule has 0 aromatic carbocycles. The van der Waals surface area contributed by atoms with E-state index in [-0.39, 0.29) is 6.42 Å². The van der Waals surface area contributed by atoms with Crippen LogP contribution in [-0.4, -0.2) is 38.8 Å². The van der Waals surface area contributed by atoms with Crippen LogP contribution in [0.2, 0.25) is 0 Å². The molecule has 0 unspecified atom stereocenters. The van der Waals surface area contributed by atoms with E-state index in [4.69, 9.17) is 4.74 Å². The van der Waals surface area contributed by atoms with E-state index in [2.05, 4.69) is 15.3 Å². The van der Waals surface area contributed by atoms with Gasteiger partial charge in [-0.2, -0.15) is 0 Å². The summed E-state index contributed by atoms with van der Waals surface area (Å²) in [6.45, 7) is 5.14. The van der Waals surface area contributed by atoms with Gasteiger partial charge in [0.1, 0.15) is 11.6 Å². The van der Waals surface area contributed by atoms with Crippen LogP contribution in [0.15, 0.2) is 24.5 Å². The van der Waals surface area contributed by atoms with Gasteiger partial charge >= 0.3 is 12.1 Å². The molecule has 0 radical (unpaired) electrons. The number of carboxylic acid groups (broad SMARTS) is 1. The average Bonchev–Trinajstić information content (AvgIpc) is 2.79. The fourth-order valence-corrected chi connectivity index (χ4v) is 2.04. The number of carboxylic acids is 1. The molecule has 2 rings (SSSR count). The Morgan fingerprint density at radius 1 is 1.45 bits per heavy atom. The highest BCUT2D eigenvalue weighted by Crippen LogP contribution is 2.17. The molecule has 7 nitrogen and oxygen atoms in total. The first-order valence-corrected chi connectivity index (χ1v) is 6.89. The number of alkyl carbamates (subject to hydrolysis) is 1. The van der Waals surface area contributed by atoms with E-state index in [0.29, 0.717) is 5.52 Å². The Morgan fingerprint density at radius 3 is 2.82 bits per heavy atom. The summed E-state index contributed by atoms with van der Waals surface area (Å²) in [4.78, 5) is 30.4. The molecule has 0 aliphatic carbocycles. The van der Waals surface area contributed by atoms with E-state index < -0.39 is 23.7 Å². The van der Waals surface area contributed by atoms with Gasteiger partial charge in [-0.05, 0) is 38.5 Å². The molecule has 0 bridgehead atoms. The molecule has 2 heterocycles. The van der Waals surface area contributed by atoms with Crippen LogP contribution in [0.1, 0.15) is 26.3 Å². The monoisotopic (exact) mass is 305 g/mol. The average molecular weight is 305 g/mol. The number of aromatic amines is 1. The Bertz CT molecular complexity index is 687. The van der Waals surface area contributed by atoms with Gasteiger partial charge in [-0.3, -0.25) is 4.98 Å². The normalized spacial score (nSPS) is 12.9. The van der Waals surface area contributed by atoms with Crippen molar-refractivity contribution in [2.75, 3.05) is 0 Å². The van der Waals surface area contributed by atoms with Gasteiger partial charge in [-0.25, -0.2) is 9.59 Å². The SMILES string of the molecule is CC(C)(C)OC(=O)N[C@@H](Cc1c[nH]c2cccnc12)C(=O)O. The number of nitrogens with zero attached hydrogens (tertiary/aromatic N) is 1. The van der Waals surface area contributed by atoms with Gasteiger partial charge in [-0.15, -0.1) is 0 Å². The summed E-state index contributed by atoms with van der Waals surface area (Å²) >= 11 is 0. The molecule has 0 spiro atoms. The summed E-state index contributed by atoms with van der Waals surface area (Å²) in [6, 6.07) is 2.55. The molecular weight excluding hydrogens is 286 g/mol. The number of fused-ring (bicyclic) bond motifs is 1. The second kappa shape index (κ2) is 6.05. The highest BCUT2D eigenvalue weighted by Gasteiger charge is 2.25. The molecule has 0 aliphatic rings. The van der Waals surface area contributed by atoms with Crippen molar-refractivity contribution in [3.05, 3.63) is 30.1 Å². The minimum absolute atomic E-state index is 0.117. The van der Waals surface area contributed by atoms with Crippen molar-refractivity contribution in [2.24, 2.45) is 0 Å². The number of carbonyl (C=O) groups is 2. The largest absolute Gasteiger partial charge is 0.480 e. The third-order valence-electron chi connectivity index (χ3n) is 2.93. The third kappa shape index (κ3) is 3.97. The fraction of sp³-hybridized carbons (Fsp3) is 0.400. The molecule has 1 amide bonds. The Morgan fingerprint density at radius 2 is 2.18 bits per heavy atom. The maximum absolute atomic E-state index is 11.7. The number of ether oxygens (including phenoxy) is 1. The molecule has 1 atom stereocenters. The zero-order valence-electron chi connectivity index (χ0n) is 12.7. The lowest BCUT2D eigenvalue weighted by Crippen LogP contribution is -2.44. The number of pyridine rings is 1. The molecule has 2 aromatic heterocycles. The minimum atomic E-state index is -1.13. The summed E-state index contributed by atoms with van der Waals surface area (Å²) in [5.41, 5.74) is 1.55. The molecule has 22 heavy (non-hydrogen) atoms. The maximum atomic E-state index is 11.7. The van der Waals surface area contributed by atoms with Crippen LogP contribution < -0.4 is 5.32 Å². The molecule has 118 valence electrons. The van der Waals surface area contributed by atoms with Gasteiger partial charge in [0, 0.05) is 18.8 Å². The van der Waals surface area contributed by atoms with E-state index >= 15 is 0 Å². The minimum Gasteiger partial charge on any atom is -0.480 e. The maximum Gasteiger partial charge on any atom is 0.408 e. The predicted molar refractivity (Wildman–Crippen MR) is 80.6 cm³/mol. The number of carbonyl (C=O) groups excluding carboxylic acids is 1. The van der Waals surface area contributed by atoms with E-state index in [1.54, 1.807) is 39.2 Å². The van der Waals surface area contributed by atoms with Crippen LogP contribution in [0.25, 0.3) is 11.0 Å². The zero-order valence-corrected chi connectivity index (χ0v) is 12.7. The summed E-state index contributed by atoms with van der Waals surface area (Å²) in [7, 11) is 0. The van der Waals surface area contributed by atoms with Crippen molar-refractivity contribution >= 4 is 23.1 Å². The van der Waals surface area contributed by atoms with Gasteiger partial charge in [0.15, 0.2) is 0 Å². The number of hydrogen-bond donors (Lipinski definition) is 3. The van der Waals surface area contributed by atoms with Crippen LogP contribution >= 0.6 is 0 Å². The molecule has 2 aromatic rings. The molecule has 0 saturated heterocycles. The Hall–Kier alpha value is -2.57. The quantitative estimate of drug-likeness (QED) is 0.802. The van der Waals surface area contributed by atoms with Gasteiger partial charge < -0.3 is 20.1 Å². The smallest absolute Gasteiger partial charge is 0.408 e. The van der Waals surface area contributed by atoms with E-state index in [9.17, 15) is 14.7 Å². The molecule has 3 N–H and O–H groups in total. The standard InChI is InChI=1S/C15H19N3O4/c1-15(2,3)22-14(21)18-11(13(19)20)7-9-8-17-10-5-4-6-16-12(9)10/h4-6,8,11,17H,7H2,1-3H3,(H,18,21)(H,19,20)/t11-/m0/s1. The van der Waals surface area contributed by atoms with Gasteiger partial charge in [0.05, 0.1) is 11.0 Å². The second-order valence-corrected chi connectivity index (χ2v) is 5.95. The molecule has 7 heteroatoms. The Balaban J connectivity index is 2.12. The van der Waals surface area contributed by atoms with Crippen molar-refractivity contribution in [3.63, 3.8) is 0 Å². The van der Waals surface area contributed by atoms with Crippen molar-refractivity contribution in [1.82, 2.24) is 15.3 Å². The van der Waals surface area contributed by atoms with Gasteiger partial charge in [0.25, 0.3) is 0 Å². The number of aromatic nitrogens is 2. The lowest BCUT2D eigenvalue weighted by Gasteiger charge is -2.21. The fourth-order valence-electron chi connectivity index (χ4n) is 2.04. The lowest BCUT2D eigenvalue weighted by atomic mass is 10.1. The number of rotatable bonds is 4. The van der Waals surface area contributed by atoms with Gasteiger partial charge in [-0.1, -0.05) is 0 Å². The third-order valence-corrected chi connectivity index (χ3v) is 2.93. The topological polar surface area (TPSA) is 104 Å². The summed E-state index contributed by atoms with van der Waals surface area (Å²) in [5, 5.41) is 11.7. The van der Waals surface area contributed by atoms with Gasteiger partial charge in [0.2, 0.25) is 0 Å². The van der Waals surface area contributed by atoms with Crippen LogP contribution in [0.3, 0.4) is 0 Å². The van der Waals surface area contributed by atoms with Crippen LogP contribution in [-0.2, 0) is 16.0 Å². The van der Waals surface area contributed by atoms with Crippen molar-refractivity contribution in [1.29, 1.82) is 0 Å². The predicted octanol–water partition coefficient (Wildman–Crippen LogP) is 2.08. The zero-order chi connectivity index (χ0) is 16.3. The first kappa shape index (κ1) is 15.8. The second-order valence-electron chi connectivity index (χ2n) is 5.95. The Labute approximate surface area is 127 Å².